The van der Waals surface area contributed by atoms with Gasteiger partial charge >= 0.3 is 0 Å². The van der Waals surface area contributed by atoms with E-state index in [2.05, 4.69) is 57.2 Å². The smallest absolute Gasteiger partial charge is 0.200 e. The van der Waals surface area contributed by atoms with Gasteiger partial charge in [-0.05, 0) is 6.04 Å². The molecule has 0 fully saturated rings. The van der Waals surface area contributed by atoms with Gasteiger partial charge in [-0.3, -0.25) is 0 Å². The number of hydrogen-bond acceptors (Lipinski definition) is 0. The van der Waals surface area contributed by atoms with Crippen LogP contribution in [0.1, 0.15) is 26.3 Å². The lowest BCUT2D eigenvalue weighted by molar-refractivity contribution is 0.378. The molecule has 0 aliphatic carbocycles. The van der Waals surface area contributed by atoms with Gasteiger partial charge in [0.05, 0.1) is 8.07 Å². The molecule has 0 bridgehead atoms. The van der Waals surface area contributed by atoms with Crippen LogP contribution in [0.5, 0.6) is 0 Å². The van der Waals surface area contributed by atoms with Crippen LogP contribution in [0.3, 0.4) is 0 Å². The third-order valence-electron chi connectivity index (χ3n) is 10.5. The summed E-state index contributed by atoms with van der Waals surface area (Å²) in [7, 11) is -0.994. The lowest BCUT2D eigenvalue weighted by Gasteiger charge is -2.44. The van der Waals surface area contributed by atoms with E-state index in [1.54, 1.807) is 0 Å². The Bertz CT molecular complexity index is 2090. The van der Waals surface area contributed by atoms with Crippen LogP contribution >= 0.6 is 0 Å². The van der Waals surface area contributed by atoms with E-state index in [-0.39, 0.29) is 0 Å². The zero-order chi connectivity index (χ0) is 45.5. The maximum Gasteiger partial charge on any atom is 0.200 e. The van der Waals surface area contributed by atoms with E-state index in [1.807, 2.05) is 0 Å². The molecule has 0 aromatic heterocycles. The Labute approximate surface area is 327 Å². The SMILES string of the molecule is CC[Si](CC)(CC)Cc1ccc[cH+]cc1.Fc1c(F)c(F)c([B-](c2c(F)c(F)c(F)c(F)c2F)(c2c(F)c(F)c(F)c(F)c2F)c2c(F)c(F)c(F)c(F)c2F)c(F)c1F. The van der Waals surface area contributed by atoms with Gasteiger partial charge in [0.2, 0.25) is 0 Å². The van der Waals surface area contributed by atoms with Crippen molar-refractivity contribution in [3.63, 3.8) is 0 Å². The monoisotopic (exact) mass is 898 g/mol. The molecule has 0 spiro atoms. The summed E-state index contributed by atoms with van der Waals surface area (Å²) in [4.78, 5) is 0. The minimum absolute atomic E-state index is 0.994. The van der Waals surface area contributed by atoms with Crippen molar-refractivity contribution in [3.05, 3.63) is 158 Å². The third kappa shape index (κ3) is 7.48. The van der Waals surface area contributed by atoms with Crippen LogP contribution in [0.15, 0.2) is 36.4 Å². The Hall–Kier alpha value is -5.15. The van der Waals surface area contributed by atoms with Crippen molar-refractivity contribution < 1.29 is 87.8 Å². The lowest BCUT2D eigenvalue weighted by atomic mass is 9.12. The molecule has 0 radical (unpaired) electrons. The fourth-order valence-corrected chi connectivity index (χ4v) is 10.4. The molecular weight excluding hydrogens is 875 g/mol. The predicted octanol–water partition coefficient (Wildman–Crippen LogP) is 10.4. The molecule has 0 N–H and O–H groups in total. The second-order valence-corrected chi connectivity index (χ2v) is 18.7. The molecule has 22 heteroatoms. The number of benzene rings is 4. The molecule has 0 nitrogen and oxygen atoms in total. The van der Waals surface area contributed by atoms with E-state index >= 15 is 35.1 Å². The molecule has 5 rings (SSSR count). The van der Waals surface area contributed by atoms with Crippen LogP contribution in [-0.2, 0) is 6.04 Å². The first-order valence-electron chi connectivity index (χ1n) is 17.1. The van der Waals surface area contributed by atoms with Crippen LogP contribution in [-0.4, -0.2) is 14.2 Å². The molecule has 0 saturated carbocycles. The zero-order valence-corrected chi connectivity index (χ0v) is 31.4. The molecule has 0 heterocycles. The average molecular weight is 898 g/mol. The molecule has 5 aromatic carbocycles. The highest BCUT2D eigenvalue weighted by Gasteiger charge is 2.52. The highest BCUT2D eigenvalue weighted by atomic mass is 28.3. The minimum Gasteiger partial charge on any atom is -0.207 e. The van der Waals surface area contributed by atoms with Crippen LogP contribution in [0.4, 0.5) is 87.8 Å². The van der Waals surface area contributed by atoms with E-state index in [0.717, 1.165) is 0 Å². The molecule has 0 aliphatic rings. The van der Waals surface area contributed by atoms with Crippen molar-refractivity contribution >= 4 is 36.1 Å². The summed E-state index contributed by atoms with van der Waals surface area (Å²) in [6.45, 7) is 7.13. The van der Waals surface area contributed by atoms with Gasteiger partial charge in [-0.1, -0.05) is 38.9 Å². The highest BCUT2D eigenvalue weighted by molar-refractivity contribution is 7.20. The first kappa shape index (κ1) is 47.5. The molecule has 0 atom stereocenters. The second kappa shape index (κ2) is 17.8. The van der Waals surface area contributed by atoms with Crippen molar-refractivity contribution in [2.75, 3.05) is 0 Å². The van der Waals surface area contributed by atoms with E-state index in [4.69, 9.17) is 0 Å². The van der Waals surface area contributed by atoms with E-state index in [0.29, 0.717) is 0 Å². The summed E-state index contributed by atoms with van der Waals surface area (Å²) in [6.07, 6.45) is -7.22. The predicted molar refractivity (Wildman–Crippen MR) is 181 cm³/mol. The Kier molecular flexibility index (Phi) is 14.1. The largest absolute Gasteiger partial charge is 0.207 e. The Morgan fingerprint density at radius 3 is 0.817 bits per heavy atom. The molecule has 0 unspecified atom stereocenters. The molecule has 60 heavy (non-hydrogen) atoms. The second-order valence-electron chi connectivity index (χ2n) is 13.2. The van der Waals surface area contributed by atoms with Crippen LogP contribution in [0, 0.1) is 116 Å². The van der Waals surface area contributed by atoms with Gasteiger partial charge in [-0.2, -0.15) is 0 Å². The lowest BCUT2D eigenvalue weighted by Crippen LogP contribution is -2.81. The minimum atomic E-state index is -7.22. The highest BCUT2D eigenvalue weighted by Crippen LogP contribution is 2.31. The van der Waals surface area contributed by atoms with Crippen LogP contribution in [0.2, 0.25) is 18.1 Å². The first-order chi connectivity index (χ1) is 28.0. The first-order valence-corrected chi connectivity index (χ1v) is 19.9. The quantitative estimate of drug-likeness (QED) is 0.0455. The van der Waals surface area contributed by atoms with E-state index < -0.39 is 152 Å². The van der Waals surface area contributed by atoms with Crippen molar-refractivity contribution in [2.45, 2.75) is 44.9 Å². The summed E-state index contributed by atoms with van der Waals surface area (Å²) in [5.41, 5.74) is -12.8. The van der Waals surface area contributed by atoms with Gasteiger partial charge in [-0.15, -0.1) is 21.9 Å². The summed E-state index contributed by atoms with van der Waals surface area (Å²) in [6, 6.07) is 18.7. The maximum absolute atomic E-state index is 15.4. The topological polar surface area (TPSA) is 0 Å². The van der Waals surface area contributed by atoms with Gasteiger partial charge in [0, 0.05) is 42.0 Å². The van der Waals surface area contributed by atoms with Crippen LogP contribution < -0.4 is 21.9 Å². The van der Waals surface area contributed by atoms with Gasteiger partial charge in [-0.25, -0.2) is 87.8 Å². The Morgan fingerprint density at radius 1 is 0.350 bits per heavy atom. The fraction of sp³-hybridized carbons (Fsp3) is 0.184. The average Bonchev–Trinajstić information content (AvgIpc) is 3.51. The van der Waals surface area contributed by atoms with E-state index in [9.17, 15) is 52.7 Å². The molecule has 322 valence electrons. The molecule has 0 amide bonds. The van der Waals surface area contributed by atoms with Gasteiger partial charge in [0.25, 0.3) is 0 Å². The molecule has 0 saturated heterocycles. The van der Waals surface area contributed by atoms with Crippen molar-refractivity contribution in [1.82, 2.24) is 0 Å². The molecule has 5 aromatic rings. The summed E-state index contributed by atoms with van der Waals surface area (Å²) < 4.78 is 294. The number of rotatable bonds is 9. The third-order valence-corrected chi connectivity index (χ3v) is 16.1. The summed E-state index contributed by atoms with van der Waals surface area (Å²) >= 11 is 0. The van der Waals surface area contributed by atoms with Gasteiger partial charge in [0.1, 0.15) is 52.7 Å². The van der Waals surface area contributed by atoms with Crippen molar-refractivity contribution in [2.24, 2.45) is 0 Å². The van der Waals surface area contributed by atoms with Crippen molar-refractivity contribution in [3.8, 4) is 0 Å². The van der Waals surface area contributed by atoms with Crippen LogP contribution in [0.25, 0.3) is 0 Å². The fourth-order valence-electron chi connectivity index (χ4n) is 7.09. The molecule has 0 aliphatic heterocycles. The van der Waals surface area contributed by atoms with Crippen molar-refractivity contribution in [1.29, 1.82) is 0 Å². The normalized spacial score (nSPS) is 11.8. The zero-order valence-electron chi connectivity index (χ0n) is 30.4. The summed E-state index contributed by atoms with van der Waals surface area (Å²) in [5, 5.41) is 0. The van der Waals surface area contributed by atoms with E-state index in [1.165, 1.54) is 29.7 Å². The van der Waals surface area contributed by atoms with Gasteiger partial charge < -0.3 is 0 Å². The Morgan fingerprint density at radius 2 is 0.583 bits per heavy atom. The Balaban J connectivity index is 0.000000445. The maximum atomic E-state index is 15.4. The standard InChI is InChI=1S/C24BF20.C14H23Si/c26-5-1(6(27)14(35)21(42)13(5)34)25(2-7(28)15(36)22(43)16(37)8(2)29,3-9(30)17(38)23(44)18(39)10(3)31)4-11(32)19(40)24(45)20(41)12(4)33;1-4-15(5-2,6-3)13-14-11-9-7-8-10-12-14/h;7-12H,4-6,13H2,1-3H3/q-1;+1. The molecular formula is C38H23BF20Si. The van der Waals surface area contributed by atoms with Gasteiger partial charge in [0.15, 0.2) is 69.8 Å². The number of hydrogen-bond donors (Lipinski definition) is 0. The number of halogens is 20. The summed E-state index contributed by atoms with van der Waals surface area (Å²) in [5.74, 6) is -71.4.